The van der Waals surface area contributed by atoms with E-state index >= 15 is 0 Å². The van der Waals surface area contributed by atoms with Crippen molar-refractivity contribution in [3.63, 3.8) is 0 Å². The Balaban J connectivity index is 0. The predicted octanol–water partition coefficient (Wildman–Crippen LogP) is -1.92. The van der Waals surface area contributed by atoms with E-state index in [0.29, 0.717) is 0 Å². The van der Waals surface area contributed by atoms with Gasteiger partial charge in [-0.1, -0.05) is 45.4 Å². The molecule has 0 heterocycles. The fourth-order valence-electron chi connectivity index (χ4n) is 1.48. The Kier molecular flexibility index (Phi) is 9.40. The number of hydrogen-bond donors (Lipinski definition) is 0. The summed E-state index contributed by atoms with van der Waals surface area (Å²) in [5.74, 6) is 0. The number of rotatable bonds is 0. The normalized spacial score (nSPS) is 22.4. The van der Waals surface area contributed by atoms with Crippen LogP contribution in [-0.2, 0) is 0 Å². The minimum absolute atomic E-state index is 0. The fourth-order valence-corrected chi connectivity index (χ4v) is 1.48. The molecule has 3 heteroatoms. The second kappa shape index (κ2) is 6.92. The maximum absolute atomic E-state index is 11.3. The molecule has 1 aliphatic carbocycles. The molecule has 0 spiro atoms. The maximum Gasteiger partial charge on any atom is 2.00 e. The van der Waals surface area contributed by atoms with Crippen LogP contribution in [0.5, 0.6) is 0 Å². The van der Waals surface area contributed by atoms with Gasteiger partial charge in [-0.15, -0.1) is 5.60 Å². The monoisotopic (exact) mass is 278 g/mol. The molecule has 1 aliphatic rings. The molecule has 0 amide bonds. The van der Waals surface area contributed by atoms with Gasteiger partial charge in [0.15, 0.2) is 0 Å². The van der Waals surface area contributed by atoms with E-state index in [9.17, 15) is 5.11 Å². The molecule has 0 bridgehead atoms. The Morgan fingerprint density at radius 2 is 1.36 bits per heavy atom. The van der Waals surface area contributed by atoms with Crippen molar-refractivity contribution in [2.75, 3.05) is 0 Å². The summed E-state index contributed by atoms with van der Waals surface area (Å²) in [5.41, 5.74) is -0.587. The molecular formula is C8H15IMgO. The van der Waals surface area contributed by atoms with Gasteiger partial charge in [-0.05, 0) is 0 Å². The van der Waals surface area contributed by atoms with Crippen molar-refractivity contribution in [1.29, 1.82) is 0 Å². The molecule has 1 fully saturated rings. The van der Waals surface area contributed by atoms with Crippen molar-refractivity contribution in [3.05, 3.63) is 0 Å². The smallest absolute Gasteiger partial charge is 1.00 e. The summed E-state index contributed by atoms with van der Waals surface area (Å²) in [4.78, 5) is 0. The molecule has 0 aliphatic heterocycles. The van der Waals surface area contributed by atoms with Gasteiger partial charge in [-0.25, -0.2) is 0 Å². The fraction of sp³-hybridized carbons (Fsp3) is 1.00. The molecule has 11 heavy (non-hydrogen) atoms. The van der Waals surface area contributed by atoms with Crippen LogP contribution in [0.3, 0.4) is 0 Å². The van der Waals surface area contributed by atoms with Crippen LogP contribution in [-0.4, -0.2) is 28.7 Å². The zero-order valence-electron chi connectivity index (χ0n) is 7.24. The van der Waals surface area contributed by atoms with E-state index in [-0.39, 0.29) is 47.0 Å². The summed E-state index contributed by atoms with van der Waals surface area (Å²) in [6, 6.07) is 0. The van der Waals surface area contributed by atoms with Gasteiger partial charge in [0.1, 0.15) is 0 Å². The summed E-state index contributed by atoms with van der Waals surface area (Å²) >= 11 is 0. The second-order valence-corrected chi connectivity index (χ2v) is 3.36. The van der Waals surface area contributed by atoms with E-state index in [4.69, 9.17) is 0 Å². The predicted molar refractivity (Wildman–Crippen MR) is 41.9 cm³/mol. The van der Waals surface area contributed by atoms with Crippen LogP contribution >= 0.6 is 0 Å². The van der Waals surface area contributed by atoms with Gasteiger partial charge in [0.05, 0.1) is 0 Å². The molecule has 0 aromatic carbocycles. The zero-order valence-corrected chi connectivity index (χ0v) is 10.8. The van der Waals surface area contributed by atoms with E-state index in [0.717, 1.165) is 25.7 Å². The number of halogens is 1. The Morgan fingerprint density at radius 3 is 1.73 bits per heavy atom. The molecule has 62 valence electrons. The van der Waals surface area contributed by atoms with Crippen LogP contribution in [0.2, 0.25) is 0 Å². The molecule has 0 radical (unpaired) electrons. The summed E-state index contributed by atoms with van der Waals surface area (Å²) < 4.78 is 0. The van der Waals surface area contributed by atoms with Gasteiger partial charge in [-0.2, -0.15) is 0 Å². The van der Waals surface area contributed by atoms with Gasteiger partial charge in [0.2, 0.25) is 0 Å². The molecule has 1 nitrogen and oxygen atoms in total. The van der Waals surface area contributed by atoms with E-state index in [2.05, 4.69) is 0 Å². The SMILES string of the molecule is CC1([O-])CCCCCC1.[I-].[Mg+2]. The van der Waals surface area contributed by atoms with Crippen molar-refractivity contribution in [2.45, 2.75) is 51.0 Å². The molecule has 0 aromatic heterocycles. The average molecular weight is 278 g/mol. The Bertz CT molecular complexity index is 86.1. The van der Waals surface area contributed by atoms with Crippen LogP contribution < -0.4 is 29.1 Å². The van der Waals surface area contributed by atoms with Crippen LogP contribution in [0.4, 0.5) is 0 Å². The van der Waals surface area contributed by atoms with Gasteiger partial charge in [0, 0.05) is 0 Å². The first kappa shape index (κ1) is 15.0. The van der Waals surface area contributed by atoms with Gasteiger partial charge >= 0.3 is 23.1 Å². The summed E-state index contributed by atoms with van der Waals surface area (Å²) in [5, 5.41) is 11.3. The quantitative estimate of drug-likeness (QED) is 0.288. The first-order valence-corrected chi connectivity index (χ1v) is 3.91. The van der Waals surface area contributed by atoms with E-state index < -0.39 is 5.60 Å². The maximum atomic E-state index is 11.3. The molecule has 0 unspecified atom stereocenters. The third kappa shape index (κ3) is 6.60. The third-order valence-corrected chi connectivity index (χ3v) is 2.16. The van der Waals surface area contributed by atoms with Crippen molar-refractivity contribution in [2.24, 2.45) is 0 Å². The van der Waals surface area contributed by atoms with Crippen molar-refractivity contribution in [1.82, 2.24) is 0 Å². The summed E-state index contributed by atoms with van der Waals surface area (Å²) in [6.45, 7) is 1.85. The van der Waals surface area contributed by atoms with Crippen molar-refractivity contribution >= 4 is 23.1 Å². The van der Waals surface area contributed by atoms with Gasteiger partial charge in [-0.3, -0.25) is 0 Å². The Morgan fingerprint density at radius 1 is 1.00 bits per heavy atom. The average Bonchev–Trinajstić information content (AvgIpc) is 1.92. The largest absolute Gasteiger partial charge is 2.00 e. The van der Waals surface area contributed by atoms with Gasteiger partial charge < -0.3 is 29.1 Å². The summed E-state index contributed by atoms with van der Waals surface area (Å²) in [6.07, 6.45) is 6.65. The van der Waals surface area contributed by atoms with E-state index in [1.165, 1.54) is 12.8 Å². The molecule has 1 saturated carbocycles. The van der Waals surface area contributed by atoms with Crippen molar-refractivity contribution < 1.29 is 29.1 Å². The Labute approximate surface area is 102 Å². The van der Waals surface area contributed by atoms with Gasteiger partial charge in [0.25, 0.3) is 0 Å². The third-order valence-electron chi connectivity index (χ3n) is 2.16. The van der Waals surface area contributed by atoms with Crippen LogP contribution in [0.1, 0.15) is 45.4 Å². The number of hydrogen-bond acceptors (Lipinski definition) is 1. The standard InChI is InChI=1S/C8H15O.HI.Mg/c1-8(9)6-4-2-3-5-7-8;;/h2-7H2,1H3;1H;/q-1;;+2/p-1. The molecule has 0 saturated heterocycles. The first-order chi connectivity index (χ1) is 4.21. The van der Waals surface area contributed by atoms with E-state index in [1.807, 2.05) is 6.92 Å². The second-order valence-electron chi connectivity index (χ2n) is 3.36. The molecule has 0 N–H and O–H groups in total. The minimum atomic E-state index is -0.587. The topological polar surface area (TPSA) is 23.1 Å². The molecule has 1 rings (SSSR count). The van der Waals surface area contributed by atoms with E-state index in [1.54, 1.807) is 0 Å². The molecular weight excluding hydrogens is 263 g/mol. The van der Waals surface area contributed by atoms with Crippen LogP contribution in [0.25, 0.3) is 0 Å². The first-order valence-electron chi connectivity index (χ1n) is 3.91. The Hall–Kier alpha value is 1.46. The van der Waals surface area contributed by atoms with Crippen LogP contribution in [0, 0.1) is 0 Å². The minimum Gasteiger partial charge on any atom is -1.00 e. The zero-order chi connectivity index (χ0) is 6.74. The molecule has 0 atom stereocenters. The molecule has 0 aromatic rings. The summed E-state index contributed by atoms with van der Waals surface area (Å²) in [7, 11) is 0. The van der Waals surface area contributed by atoms with Crippen molar-refractivity contribution in [3.8, 4) is 0 Å². The van der Waals surface area contributed by atoms with Crippen LogP contribution in [0.15, 0.2) is 0 Å².